The zero-order chi connectivity index (χ0) is 16.0. The molecule has 1 aromatic rings. The summed E-state index contributed by atoms with van der Waals surface area (Å²) in [7, 11) is 1.71. The number of halogens is 1. The Balaban J connectivity index is 0.00000441. The Morgan fingerprint density at radius 1 is 1.27 bits per heavy atom. The smallest absolute Gasteiger partial charge is 0.319 e. The number of benzene rings is 1. The summed E-state index contributed by atoms with van der Waals surface area (Å²) >= 11 is 0. The first-order valence-corrected chi connectivity index (χ1v) is 7.00. The van der Waals surface area contributed by atoms with Gasteiger partial charge in [-0.2, -0.15) is 0 Å². The average Bonchev–Trinajstić information content (AvgIpc) is 2.44. The van der Waals surface area contributed by atoms with E-state index in [0.717, 1.165) is 0 Å². The maximum atomic E-state index is 12.3. The third-order valence-corrected chi connectivity index (χ3v) is 3.11. The predicted molar refractivity (Wildman–Crippen MR) is 91.6 cm³/mol. The molecule has 3 amide bonds. The van der Waals surface area contributed by atoms with Crippen molar-refractivity contribution in [3.63, 3.8) is 0 Å². The van der Waals surface area contributed by atoms with E-state index in [9.17, 15) is 9.59 Å². The van der Waals surface area contributed by atoms with E-state index in [-0.39, 0.29) is 36.4 Å². The van der Waals surface area contributed by atoms with E-state index in [1.807, 2.05) is 20.8 Å². The van der Waals surface area contributed by atoms with E-state index < -0.39 is 0 Å². The standard InChI is InChI=1S/C15H24N4O2.ClH/c1-10(2)17-15(21)18-13-7-5-6-12(8-13)14(20)19(4)11(3)9-16;/h5-8,10-11H,9,16H2,1-4H3,(H2,17,18,21);1H. The average molecular weight is 329 g/mol. The van der Waals surface area contributed by atoms with E-state index in [1.54, 1.807) is 36.2 Å². The first-order chi connectivity index (χ1) is 9.85. The number of nitrogens with one attached hydrogen (secondary N) is 2. The number of carbonyl (C=O) groups is 2. The Hall–Kier alpha value is -1.79. The molecule has 124 valence electrons. The largest absolute Gasteiger partial charge is 0.338 e. The summed E-state index contributed by atoms with van der Waals surface area (Å²) in [5.41, 5.74) is 6.66. The van der Waals surface area contributed by atoms with Crippen molar-refractivity contribution < 1.29 is 9.59 Å². The molecule has 0 fully saturated rings. The Kier molecular flexibility index (Phi) is 8.52. The van der Waals surface area contributed by atoms with Gasteiger partial charge in [0.25, 0.3) is 5.91 Å². The molecule has 1 unspecified atom stereocenters. The molecular weight excluding hydrogens is 304 g/mol. The summed E-state index contributed by atoms with van der Waals surface area (Å²) in [6.45, 7) is 6.04. The van der Waals surface area contributed by atoms with Gasteiger partial charge >= 0.3 is 6.03 Å². The molecule has 0 radical (unpaired) electrons. The highest BCUT2D eigenvalue weighted by molar-refractivity contribution is 5.97. The molecule has 4 N–H and O–H groups in total. The van der Waals surface area contributed by atoms with Gasteiger partial charge in [0.1, 0.15) is 0 Å². The van der Waals surface area contributed by atoms with Gasteiger partial charge in [0.15, 0.2) is 0 Å². The third-order valence-electron chi connectivity index (χ3n) is 3.11. The molecule has 0 aliphatic heterocycles. The number of hydrogen-bond acceptors (Lipinski definition) is 3. The predicted octanol–water partition coefficient (Wildman–Crippen LogP) is 2.06. The minimum Gasteiger partial charge on any atom is -0.338 e. The molecule has 7 heteroatoms. The molecule has 0 heterocycles. The van der Waals surface area contributed by atoms with Gasteiger partial charge in [-0.15, -0.1) is 12.4 Å². The molecule has 22 heavy (non-hydrogen) atoms. The van der Waals surface area contributed by atoms with Crippen LogP contribution in [-0.4, -0.2) is 42.5 Å². The van der Waals surface area contributed by atoms with Crippen LogP contribution in [0.15, 0.2) is 24.3 Å². The van der Waals surface area contributed by atoms with Gasteiger partial charge in [-0.3, -0.25) is 4.79 Å². The minimum absolute atomic E-state index is 0. The highest BCUT2D eigenvalue weighted by atomic mass is 35.5. The molecule has 0 bridgehead atoms. The summed E-state index contributed by atoms with van der Waals surface area (Å²) in [4.78, 5) is 25.6. The lowest BCUT2D eigenvalue weighted by Gasteiger charge is -2.23. The van der Waals surface area contributed by atoms with Crippen LogP contribution in [0, 0.1) is 0 Å². The molecule has 1 aromatic carbocycles. The fourth-order valence-electron chi connectivity index (χ4n) is 1.72. The second-order valence-corrected chi connectivity index (χ2v) is 5.33. The van der Waals surface area contributed by atoms with Gasteiger partial charge in [0, 0.05) is 36.9 Å². The van der Waals surface area contributed by atoms with Gasteiger partial charge in [-0.1, -0.05) is 6.07 Å². The molecule has 0 saturated carbocycles. The molecule has 0 spiro atoms. The molecule has 0 aliphatic carbocycles. The van der Waals surface area contributed by atoms with Crippen LogP contribution in [-0.2, 0) is 0 Å². The Morgan fingerprint density at radius 2 is 1.91 bits per heavy atom. The molecule has 0 aliphatic rings. The van der Waals surface area contributed by atoms with Crippen molar-refractivity contribution in [1.82, 2.24) is 10.2 Å². The van der Waals surface area contributed by atoms with E-state index in [1.165, 1.54) is 0 Å². The number of likely N-dealkylation sites (N-methyl/N-ethyl adjacent to an activating group) is 1. The molecule has 1 atom stereocenters. The lowest BCUT2D eigenvalue weighted by Crippen LogP contribution is -2.39. The summed E-state index contributed by atoms with van der Waals surface area (Å²) < 4.78 is 0. The fourth-order valence-corrected chi connectivity index (χ4v) is 1.72. The number of urea groups is 1. The van der Waals surface area contributed by atoms with Crippen molar-refractivity contribution in [2.24, 2.45) is 5.73 Å². The van der Waals surface area contributed by atoms with Crippen molar-refractivity contribution in [2.45, 2.75) is 32.9 Å². The van der Waals surface area contributed by atoms with Crippen LogP contribution in [0.1, 0.15) is 31.1 Å². The zero-order valence-electron chi connectivity index (χ0n) is 13.4. The second kappa shape index (κ2) is 9.27. The first kappa shape index (κ1) is 20.2. The lowest BCUT2D eigenvalue weighted by atomic mass is 10.1. The van der Waals surface area contributed by atoms with Crippen LogP contribution < -0.4 is 16.4 Å². The van der Waals surface area contributed by atoms with Crippen molar-refractivity contribution in [3.05, 3.63) is 29.8 Å². The maximum absolute atomic E-state index is 12.3. The lowest BCUT2D eigenvalue weighted by molar-refractivity contribution is 0.0748. The van der Waals surface area contributed by atoms with Crippen LogP contribution in [0.2, 0.25) is 0 Å². The normalized spacial score (nSPS) is 11.4. The van der Waals surface area contributed by atoms with Crippen LogP contribution in [0.4, 0.5) is 10.5 Å². The zero-order valence-corrected chi connectivity index (χ0v) is 14.2. The van der Waals surface area contributed by atoms with Crippen molar-refractivity contribution in [2.75, 3.05) is 18.9 Å². The van der Waals surface area contributed by atoms with Gasteiger partial charge in [-0.05, 0) is 39.0 Å². The fraction of sp³-hybridized carbons (Fsp3) is 0.467. The minimum atomic E-state index is -0.293. The molecular formula is C15H25ClN4O2. The SMILES string of the molecule is CC(C)NC(=O)Nc1cccc(C(=O)N(C)C(C)CN)c1.Cl. The van der Waals surface area contributed by atoms with Gasteiger partial charge in [0.05, 0.1) is 0 Å². The monoisotopic (exact) mass is 328 g/mol. The van der Waals surface area contributed by atoms with Crippen molar-refractivity contribution >= 4 is 30.0 Å². The number of nitrogens with zero attached hydrogens (tertiary/aromatic N) is 1. The molecule has 0 saturated heterocycles. The number of amides is 3. The van der Waals surface area contributed by atoms with E-state index in [2.05, 4.69) is 10.6 Å². The van der Waals surface area contributed by atoms with Crippen LogP contribution in [0.5, 0.6) is 0 Å². The van der Waals surface area contributed by atoms with Gasteiger partial charge in [-0.25, -0.2) is 4.79 Å². The number of hydrogen-bond donors (Lipinski definition) is 3. The van der Waals surface area contributed by atoms with Crippen LogP contribution in [0.25, 0.3) is 0 Å². The number of nitrogens with two attached hydrogens (primary N) is 1. The molecule has 1 rings (SSSR count). The Bertz CT molecular complexity index is 508. The maximum Gasteiger partial charge on any atom is 0.319 e. The summed E-state index contributed by atoms with van der Waals surface area (Å²) in [6.07, 6.45) is 0. The van der Waals surface area contributed by atoms with E-state index in [0.29, 0.717) is 17.8 Å². The van der Waals surface area contributed by atoms with Crippen molar-refractivity contribution in [1.29, 1.82) is 0 Å². The highest BCUT2D eigenvalue weighted by Gasteiger charge is 2.16. The Labute approximate surface area is 137 Å². The number of anilines is 1. The first-order valence-electron chi connectivity index (χ1n) is 7.00. The second-order valence-electron chi connectivity index (χ2n) is 5.33. The highest BCUT2D eigenvalue weighted by Crippen LogP contribution is 2.13. The Morgan fingerprint density at radius 3 is 2.45 bits per heavy atom. The number of carbonyl (C=O) groups excluding carboxylic acids is 2. The van der Waals surface area contributed by atoms with E-state index >= 15 is 0 Å². The van der Waals surface area contributed by atoms with Gasteiger partial charge < -0.3 is 21.3 Å². The third kappa shape index (κ3) is 5.91. The van der Waals surface area contributed by atoms with Crippen LogP contribution >= 0.6 is 12.4 Å². The van der Waals surface area contributed by atoms with Gasteiger partial charge in [0.2, 0.25) is 0 Å². The van der Waals surface area contributed by atoms with E-state index in [4.69, 9.17) is 5.73 Å². The quantitative estimate of drug-likeness (QED) is 0.773. The summed E-state index contributed by atoms with van der Waals surface area (Å²) in [5, 5.41) is 5.43. The molecule has 0 aromatic heterocycles. The van der Waals surface area contributed by atoms with Crippen LogP contribution in [0.3, 0.4) is 0 Å². The summed E-state index contributed by atoms with van der Waals surface area (Å²) in [5.74, 6) is -0.124. The molecule has 6 nitrogen and oxygen atoms in total. The van der Waals surface area contributed by atoms with Crippen molar-refractivity contribution in [3.8, 4) is 0 Å². The summed E-state index contributed by atoms with van der Waals surface area (Å²) in [6, 6.07) is 6.56. The topological polar surface area (TPSA) is 87.5 Å². The number of rotatable bonds is 5.